The highest BCUT2D eigenvalue weighted by molar-refractivity contribution is 5.95. The van der Waals surface area contributed by atoms with Crippen molar-refractivity contribution >= 4 is 16.9 Å². The summed E-state index contributed by atoms with van der Waals surface area (Å²) in [6, 6.07) is 4.92. The summed E-state index contributed by atoms with van der Waals surface area (Å²) < 4.78 is 0. The molecule has 2 aromatic heterocycles. The summed E-state index contributed by atoms with van der Waals surface area (Å²) >= 11 is 0. The molecule has 3 aromatic rings. The number of aromatic amines is 2. The Kier molecular flexibility index (Phi) is 2.09. The van der Waals surface area contributed by atoms with Gasteiger partial charge in [-0.25, -0.2) is 9.78 Å². The third-order valence-corrected chi connectivity index (χ3v) is 2.73. The van der Waals surface area contributed by atoms with Gasteiger partial charge in [0.15, 0.2) is 0 Å². The summed E-state index contributed by atoms with van der Waals surface area (Å²) in [5.41, 5.74) is 1.56. The minimum absolute atomic E-state index is 0.0399. The number of hydrogen-bond donors (Lipinski definition) is 4. The van der Waals surface area contributed by atoms with Crippen LogP contribution in [0.15, 0.2) is 30.6 Å². The van der Waals surface area contributed by atoms with E-state index < -0.39 is 5.97 Å². The second-order valence-corrected chi connectivity index (χ2v) is 3.88. The van der Waals surface area contributed by atoms with Crippen molar-refractivity contribution in [2.75, 3.05) is 0 Å². The Balaban J connectivity index is 2.16. The predicted molar refractivity (Wildman–Crippen MR) is 64.5 cm³/mol. The Bertz CT molecular complexity index is 742. The van der Waals surface area contributed by atoms with Gasteiger partial charge in [-0.05, 0) is 12.1 Å². The van der Waals surface area contributed by atoms with Gasteiger partial charge in [-0.2, -0.15) is 0 Å². The van der Waals surface area contributed by atoms with Crippen LogP contribution in [0.25, 0.3) is 22.3 Å². The van der Waals surface area contributed by atoms with Crippen LogP contribution in [0.5, 0.6) is 5.75 Å². The summed E-state index contributed by atoms with van der Waals surface area (Å²) in [5.74, 6) is -0.405. The summed E-state index contributed by atoms with van der Waals surface area (Å²) in [6.45, 7) is 0. The van der Waals surface area contributed by atoms with E-state index in [0.717, 1.165) is 16.5 Å². The van der Waals surface area contributed by atoms with Crippen molar-refractivity contribution in [2.24, 2.45) is 0 Å². The Labute approximate surface area is 101 Å². The van der Waals surface area contributed by atoms with E-state index in [2.05, 4.69) is 15.0 Å². The first kappa shape index (κ1) is 10.4. The molecule has 4 N–H and O–H groups in total. The molecule has 6 heteroatoms. The summed E-state index contributed by atoms with van der Waals surface area (Å²) in [5, 5.41) is 19.1. The number of fused-ring (bicyclic) bond motifs is 1. The van der Waals surface area contributed by atoms with Gasteiger partial charge in [0.2, 0.25) is 0 Å². The molecule has 90 valence electrons. The van der Waals surface area contributed by atoms with Crippen molar-refractivity contribution in [3.05, 3.63) is 36.3 Å². The van der Waals surface area contributed by atoms with Crippen LogP contribution in [-0.4, -0.2) is 31.1 Å². The monoisotopic (exact) mass is 243 g/mol. The number of hydrogen-bond acceptors (Lipinski definition) is 3. The van der Waals surface area contributed by atoms with Crippen molar-refractivity contribution in [1.29, 1.82) is 0 Å². The van der Waals surface area contributed by atoms with Gasteiger partial charge in [0.05, 0.1) is 6.20 Å². The maximum Gasteiger partial charge on any atom is 0.353 e. The molecule has 3 rings (SSSR count). The van der Waals surface area contributed by atoms with Gasteiger partial charge in [0, 0.05) is 28.7 Å². The topological polar surface area (TPSA) is 102 Å². The van der Waals surface area contributed by atoms with Gasteiger partial charge in [-0.15, -0.1) is 0 Å². The van der Waals surface area contributed by atoms with Gasteiger partial charge in [0.25, 0.3) is 0 Å². The molecule has 0 bridgehead atoms. The number of aromatic carboxylic acids is 1. The molecule has 0 aliphatic rings. The number of aromatic hydroxyl groups is 1. The van der Waals surface area contributed by atoms with E-state index in [0.29, 0.717) is 5.82 Å². The van der Waals surface area contributed by atoms with Crippen LogP contribution in [0, 0.1) is 0 Å². The third-order valence-electron chi connectivity index (χ3n) is 2.73. The molecule has 2 heterocycles. The SMILES string of the molecule is O=C(O)c1cnc(-c2c[nH]c3cc(O)ccc23)[nH]1. The molecule has 6 nitrogen and oxygen atoms in total. The van der Waals surface area contributed by atoms with E-state index >= 15 is 0 Å². The van der Waals surface area contributed by atoms with Gasteiger partial charge < -0.3 is 20.2 Å². The van der Waals surface area contributed by atoms with Gasteiger partial charge >= 0.3 is 5.97 Å². The predicted octanol–water partition coefficient (Wildman–Crippen LogP) is 1.96. The second-order valence-electron chi connectivity index (χ2n) is 3.88. The van der Waals surface area contributed by atoms with E-state index in [9.17, 15) is 9.90 Å². The highest BCUT2D eigenvalue weighted by Crippen LogP contribution is 2.28. The number of imidazole rings is 1. The molecule has 0 radical (unpaired) electrons. The number of carboxylic acid groups (broad SMARTS) is 1. The number of rotatable bonds is 2. The van der Waals surface area contributed by atoms with E-state index in [1.807, 2.05) is 0 Å². The summed E-state index contributed by atoms with van der Waals surface area (Å²) in [7, 11) is 0. The van der Waals surface area contributed by atoms with E-state index in [1.54, 1.807) is 24.4 Å². The number of nitrogens with one attached hydrogen (secondary N) is 2. The number of carboxylic acids is 1. The van der Waals surface area contributed by atoms with E-state index in [1.165, 1.54) is 6.20 Å². The standard InChI is InChI=1S/C12H9N3O3/c16-6-1-2-7-8(4-13-9(7)3-6)11-14-5-10(15-11)12(17)18/h1-5,13,16H,(H,14,15)(H,17,18). The van der Waals surface area contributed by atoms with Crippen LogP contribution >= 0.6 is 0 Å². The van der Waals surface area contributed by atoms with Crippen LogP contribution < -0.4 is 0 Å². The van der Waals surface area contributed by atoms with Crippen molar-refractivity contribution in [3.63, 3.8) is 0 Å². The summed E-state index contributed by atoms with van der Waals surface area (Å²) in [6.07, 6.45) is 2.99. The molecule has 18 heavy (non-hydrogen) atoms. The van der Waals surface area contributed by atoms with Crippen molar-refractivity contribution in [3.8, 4) is 17.1 Å². The fourth-order valence-corrected chi connectivity index (χ4v) is 1.88. The molecule has 0 saturated carbocycles. The Hall–Kier alpha value is -2.76. The zero-order chi connectivity index (χ0) is 12.7. The van der Waals surface area contributed by atoms with Crippen molar-refractivity contribution in [2.45, 2.75) is 0 Å². The minimum atomic E-state index is -1.05. The lowest BCUT2D eigenvalue weighted by atomic mass is 10.1. The average molecular weight is 243 g/mol. The number of aromatic nitrogens is 3. The molecule has 0 unspecified atom stereocenters. The lowest BCUT2D eigenvalue weighted by Gasteiger charge is -1.95. The molecular weight excluding hydrogens is 234 g/mol. The number of phenolic OH excluding ortho intramolecular Hbond substituents is 1. The molecule has 0 aliphatic heterocycles. The Morgan fingerprint density at radius 3 is 2.89 bits per heavy atom. The van der Waals surface area contributed by atoms with Crippen LogP contribution in [0.4, 0.5) is 0 Å². The molecule has 0 amide bonds. The fourth-order valence-electron chi connectivity index (χ4n) is 1.88. The first-order chi connectivity index (χ1) is 8.65. The first-order valence-electron chi connectivity index (χ1n) is 5.24. The molecule has 0 aliphatic carbocycles. The molecular formula is C12H9N3O3. The highest BCUT2D eigenvalue weighted by Gasteiger charge is 2.12. The van der Waals surface area contributed by atoms with Gasteiger partial charge in [-0.1, -0.05) is 0 Å². The lowest BCUT2D eigenvalue weighted by Crippen LogP contribution is -1.95. The molecule has 0 atom stereocenters. The number of carbonyl (C=O) groups is 1. The largest absolute Gasteiger partial charge is 0.508 e. The van der Waals surface area contributed by atoms with Crippen molar-refractivity contribution in [1.82, 2.24) is 15.0 Å². The smallest absolute Gasteiger partial charge is 0.353 e. The molecule has 0 spiro atoms. The molecule has 1 aromatic carbocycles. The first-order valence-corrected chi connectivity index (χ1v) is 5.24. The lowest BCUT2D eigenvalue weighted by molar-refractivity contribution is 0.0691. The van der Waals surface area contributed by atoms with Crippen molar-refractivity contribution < 1.29 is 15.0 Å². The fraction of sp³-hybridized carbons (Fsp3) is 0. The molecule has 0 fully saturated rings. The van der Waals surface area contributed by atoms with Crippen LogP contribution in [0.2, 0.25) is 0 Å². The number of H-pyrrole nitrogens is 2. The quantitative estimate of drug-likeness (QED) is 0.552. The van der Waals surface area contributed by atoms with Crippen LogP contribution in [0.1, 0.15) is 10.5 Å². The number of nitrogens with zero attached hydrogens (tertiary/aromatic N) is 1. The van der Waals surface area contributed by atoms with E-state index in [4.69, 9.17) is 5.11 Å². The highest BCUT2D eigenvalue weighted by atomic mass is 16.4. The number of benzene rings is 1. The Morgan fingerprint density at radius 2 is 2.17 bits per heavy atom. The zero-order valence-corrected chi connectivity index (χ0v) is 9.14. The maximum atomic E-state index is 10.8. The van der Waals surface area contributed by atoms with Crippen LogP contribution in [-0.2, 0) is 0 Å². The summed E-state index contributed by atoms with van der Waals surface area (Å²) in [4.78, 5) is 20.5. The van der Waals surface area contributed by atoms with E-state index in [-0.39, 0.29) is 11.4 Å². The normalized spacial score (nSPS) is 10.9. The minimum Gasteiger partial charge on any atom is -0.508 e. The molecule has 0 saturated heterocycles. The Morgan fingerprint density at radius 1 is 1.33 bits per heavy atom. The zero-order valence-electron chi connectivity index (χ0n) is 9.14. The van der Waals surface area contributed by atoms with Gasteiger partial charge in [-0.3, -0.25) is 0 Å². The second kappa shape index (κ2) is 3.63. The average Bonchev–Trinajstić information content (AvgIpc) is 2.92. The maximum absolute atomic E-state index is 10.8. The van der Waals surface area contributed by atoms with Gasteiger partial charge in [0.1, 0.15) is 17.3 Å². The third kappa shape index (κ3) is 1.51. The van der Waals surface area contributed by atoms with Crippen LogP contribution in [0.3, 0.4) is 0 Å². The number of phenols is 1.